The van der Waals surface area contributed by atoms with Crippen molar-refractivity contribution in [2.75, 3.05) is 0 Å². The van der Waals surface area contributed by atoms with Crippen molar-refractivity contribution in [3.63, 3.8) is 0 Å². The maximum absolute atomic E-state index is 8.82. The van der Waals surface area contributed by atoms with E-state index in [0.717, 1.165) is 10.4 Å². The van der Waals surface area contributed by atoms with Gasteiger partial charge in [0.25, 0.3) is 0 Å². The Hall–Kier alpha value is -0.990. The molecular weight excluding hydrogens is 128 g/mol. The minimum atomic E-state index is 0.0704. The van der Waals surface area contributed by atoms with E-state index in [1.165, 1.54) is 0 Å². The Bertz CT molecular complexity index is 222. The summed E-state index contributed by atoms with van der Waals surface area (Å²) in [6.07, 6.45) is 3.28. The van der Waals surface area contributed by atoms with Crippen LogP contribution in [0.1, 0.15) is 26.3 Å². The third-order valence-corrected chi connectivity index (χ3v) is 1.44. The fraction of sp³-hybridized carbons (Fsp3) is 0.571. The Morgan fingerprint density at radius 1 is 1.50 bits per heavy atom. The monoisotopic (exact) mass is 140 g/mol. The van der Waals surface area contributed by atoms with Crippen molar-refractivity contribution in [1.82, 2.24) is 9.94 Å². The first-order valence-corrected chi connectivity index (χ1v) is 3.24. The second kappa shape index (κ2) is 2.01. The van der Waals surface area contributed by atoms with E-state index in [9.17, 15) is 0 Å². The lowest BCUT2D eigenvalue weighted by atomic mass is 9.90. The maximum atomic E-state index is 8.82. The number of nitrogens with zero attached hydrogens (tertiary/aromatic N) is 2. The summed E-state index contributed by atoms with van der Waals surface area (Å²) < 4.78 is 0. The van der Waals surface area contributed by atoms with E-state index in [-0.39, 0.29) is 5.41 Å². The first-order valence-electron chi connectivity index (χ1n) is 3.24. The third-order valence-electron chi connectivity index (χ3n) is 1.44. The highest BCUT2D eigenvalue weighted by Gasteiger charge is 2.15. The minimum absolute atomic E-state index is 0.0704. The molecular formula is C7H12N2O. The van der Waals surface area contributed by atoms with Crippen LogP contribution in [0.2, 0.25) is 0 Å². The largest absolute Gasteiger partial charge is 0.412 e. The van der Waals surface area contributed by atoms with Crippen LogP contribution in [-0.4, -0.2) is 15.2 Å². The summed E-state index contributed by atoms with van der Waals surface area (Å²) in [7, 11) is 0. The zero-order valence-corrected chi connectivity index (χ0v) is 6.50. The summed E-state index contributed by atoms with van der Waals surface area (Å²) in [4.78, 5) is 0.834. The molecule has 1 heterocycles. The summed E-state index contributed by atoms with van der Waals surface area (Å²) >= 11 is 0. The van der Waals surface area contributed by atoms with E-state index in [1.54, 1.807) is 12.4 Å². The summed E-state index contributed by atoms with van der Waals surface area (Å²) in [5.41, 5.74) is 1.11. The van der Waals surface area contributed by atoms with Crippen molar-refractivity contribution in [2.45, 2.75) is 26.2 Å². The van der Waals surface area contributed by atoms with Gasteiger partial charge in [0, 0.05) is 0 Å². The second-order valence-corrected chi connectivity index (χ2v) is 3.40. The van der Waals surface area contributed by atoms with Crippen molar-refractivity contribution >= 4 is 0 Å². The molecule has 3 heteroatoms. The quantitative estimate of drug-likeness (QED) is 0.553. The fourth-order valence-corrected chi connectivity index (χ4v) is 0.700. The first-order chi connectivity index (χ1) is 4.50. The van der Waals surface area contributed by atoms with Crippen LogP contribution >= 0.6 is 0 Å². The third kappa shape index (κ3) is 1.29. The molecule has 0 radical (unpaired) electrons. The Balaban J connectivity index is 2.96. The van der Waals surface area contributed by atoms with Crippen LogP contribution in [0.25, 0.3) is 0 Å². The molecule has 0 aromatic carbocycles. The van der Waals surface area contributed by atoms with Gasteiger partial charge in [0.2, 0.25) is 0 Å². The number of aromatic nitrogens is 2. The summed E-state index contributed by atoms with van der Waals surface area (Å²) in [6, 6.07) is 0. The Kier molecular flexibility index (Phi) is 1.43. The van der Waals surface area contributed by atoms with Crippen LogP contribution in [-0.2, 0) is 5.41 Å². The standard InChI is InChI=1S/C7H12N2O/c1-7(2,3)6-4-8-9(10)5-6/h4-5,10H,1-3H3. The van der Waals surface area contributed by atoms with Crippen LogP contribution in [0.15, 0.2) is 12.4 Å². The van der Waals surface area contributed by atoms with Gasteiger partial charge in [-0.25, -0.2) is 0 Å². The molecule has 3 nitrogen and oxygen atoms in total. The highest BCUT2D eigenvalue weighted by molar-refractivity contribution is 5.14. The van der Waals surface area contributed by atoms with Gasteiger partial charge in [-0.3, -0.25) is 0 Å². The predicted octanol–water partition coefficient (Wildman–Crippen LogP) is 1.42. The van der Waals surface area contributed by atoms with Gasteiger partial charge in [-0.2, -0.15) is 0 Å². The van der Waals surface area contributed by atoms with Crippen LogP contribution in [0.5, 0.6) is 0 Å². The van der Waals surface area contributed by atoms with Crippen molar-refractivity contribution in [2.24, 2.45) is 0 Å². The summed E-state index contributed by atoms with van der Waals surface area (Å²) in [5, 5.41) is 12.5. The molecule has 1 aromatic rings. The number of hydrogen-bond donors (Lipinski definition) is 1. The van der Waals surface area contributed by atoms with E-state index in [1.807, 2.05) is 0 Å². The van der Waals surface area contributed by atoms with Crippen LogP contribution in [0, 0.1) is 0 Å². The average molecular weight is 140 g/mol. The molecule has 1 aromatic heterocycles. The lowest BCUT2D eigenvalue weighted by molar-refractivity contribution is 0.148. The molecule has 0 saturated heterocycles. The van der Waals surface area contributed by atoms with Gasteiger partial charge in [0.05, 0.1) is 12.4 Å². The van der Waals surface area contributed by atoms with Crippen LogP contribution < -0.4 is 0 Å². The molecule has 0 fully saturated rings. The first kappa shape index (κ1) is 7.12. The molecule has 1 N–H and O–H groups in total. The van der Waals surface area contributed by atoms with E-state index >= 15 is 0 Å². The molecule has 0 spiro atoms. The second-order valence-electron chi connectivity index (χ2n) is 3.40. The average Bonchev–Trinajstić information content (AvgIpc) is 2.11. The van der Waals surface area contributed by atoms with Crippen LogP contribution in [0.4, 0.5) is 0 Å². The van der Waals surface area contributed by atoms with Crippen molar-refractivity contribution < 1.29 is 5.21 Å². The van der Waals surface area contributed by atoms with Crippen molar-refractivity contribution in [3.05, 3.63) is 18.0 Å². The van der Waals surface area contributed by atoms with Gasteiger partial charge in [0.15, 0.2) is 0 Å². The summed E-state index contributed by atoms with van der Waals surface area (Å²) in [5.74, 6) is 0. The SMILES string of the molecule is CC(C)(C)c1cnn(O)c1. The molecule has 0 aliphatic carbocycles. The zero-order chi connectivity index (χ0) is 7.78. The number of hydrogen-bond acceptors (Lipinski definition) is 2. The molecule has 0 atom stereocenters. The minimum Gasteiger partial charge on any atom is -0.412 e. The van der Waals surface area contributed by atoms with E-state index < -0.39 is 0 Å². The van der Waals surface area contributed by atoms with Gasteiger partial charge >= 0.3 is 0 Å². The van der Waals surface area contributed by atoms with Gasteiger partial charge in [-0.1, -0.05) is 20.8 Å². The van der Waals surface area contributed by atoms with E-state index in [4.69, 9.17) is 5.21 Å². The Morgan fingerprint density at radius 3 is 2.30 bits per heavy atom. The van der Waals surface area contributed by atoms with Gasteiger partial charge in [-0.15, -0.1) is 9.94 Å². The highest BCUT2D eigenvalue weighted by atomic mass is 16.5. The van der Waals surface area contributed by atoms with Gasteiger partial charge in [0.1, 0.15) is 0 Å². The number of rotatable bonds is 0. The molecule has 0 aliphatic heterocycles. The van der Waals surface area contributed by atoms with Gasteiger partial charge in [-0.05, 0) is 11.0 Å². The molecule has 0 saturated carbocycles. The summed E-state index contributed by atoms with van der Waals surface area (Å²) in [6.45, 7) is 6.22. The zero-order valence-electron chi connectivity index (χ0n) is 6.50. The molecule has 0 bridgehead atoms. The molecule has 10 heavy (non-hydrogen) atoms. The molecule has 56 valence electrons. The molecule has 0 aliphatic rings. The molecule has 1 rings (SSSR count). The van der Waals surface area contributed by atoms with E-state index in [0.29, 0.717) is 0 Å². The predicted molar refractivity (Wildman–Crippen MR) is 38.1 cm³/mol. The maximum Gasteiger partial charge on any atom is 0.0701 e. The molecule has 0 unspecified atom stereocenters. The normalized spacial score (nSPS) is 11.9. The van der Waals surface area contributed by atoms with Gasteiger partial charge < -0.3 is 5.21 Å². The lowest BCUT2D eigenvalue weighted by Gasteiger charge is -2.14. The Labute approximate surface area is 60.2 Å². The topological polar surface area (TPSA) is 38.0 Å². The Morgan fingerprint density at radius 2 is 2.10 bits per heavy atom. The highest BCUT2D eigenvalue weighted by Crippen LogP contribution is 2.20. The van der Waals surface area contributed by atoms with Crippen LogP contribution in [0.3, 0.4) is 0 Å². The molecule has 0 amide bonds. The van der Waals surface area contributed by atoms with Crippen molar-refractivity contribution in [1.29, 1.82) is 0 Å². The fourth-order valence-electron chi connectivity index (χ4n) is 0.700. The lowest BCUT2D eigenvalue weighted by Crippen LogP contribution is -2.09. The van der Waals surface area contributed by atoms with E-state index in [2.05, 4.69) is 25.9 Å². The smallest absolute Gasteiger partial charge is 0.0701 e. The van der Waals surface area contributed by atoms with Crippen molar-refractivity contribution in [3.8, 4) is 0 Å².